The highest BCUT2D eigenvalue weighted by Crippen LogP contribution is 2.24. The second kappa shape index (κ2) is 6.02. The molecule has 1 unspecified atom stereocenters. The van der Waals surface area contributed by atoms with Gasteiger partial charge >= 0.3 is 0 Å². The Morgan fingerprint density at radius 1 is 1.33 bits per heavy atom. The molecule has 1 atom stereocenters. The minimum atomic E-state index is 0.298. The highest BCUT2D eigenvalue weighted by Gasteiger charge is 2.23. The number of alkyl halides is 1. The summed E-state index contributed by atoms with van der Waals surface area (Å²) in [7, 11) is 0. The standard InChI is InChI=1S/C13H23ClN4/c1-10(2)18-13(15-9-16-18)8-17-6-4-12(5-7-17)11(3)14/h9-12H,4-8H2,1-3H3. The van der Waals surface area contributed by atoms with Crippen LogP contribution in [0, 0.1) is 5.92 Å². The summed E-state index contributed by atoms with van der Waals surface area (Å²) in [5.41, 5.74) is 0. The molecule has 1 saturated heterocycles. The van der Waals surface area contributed by atoms with Gasteiger partial charge in [-0.2, -0.15) is 5.10 Å². The number of rotatable bonds is 4. The average molecular weight is 271 g/mol. The lowest BCUT2D eigenvalue weighted by atomic mass is 9.94. The smallest absolute Gasteiger partial charge is 0.141 e. The first-order chi connectivity index (χ1) is 8.58. The van der Waals surface area contributed by atoms with Crippen LogP contribution >= 0.6 is 11.6 Å². The van der Waals surface area contributed by atoms with Gasteiger partial charge in [-0.3, -0.25) is 4.90 Å². The van der Waals surface area contributed by atoms with Crippen LogP contribution in [0.3, 0.4) is 0 Å². The quantitative estimate of drug-likeness (QED) is 0.789. The molecular formula is C13H23ClN4. The van der Waals surface area contributed by atoms with E-state index in [1.165, 1.54) is 12.8 Å². The Kier molecular flexibility index (Phi) is 4.62. The van der Waals surface area contributed by atoms with Gasteiger partial charge in [-0.1, -0.05) is 0 Å². The largest absolute Gasteiger partial charge is 0.296 e. The maximum atomic E-state index is 6.17. The average Bonchev–Trinajstić information content (AvgIpc) is 2.78. The zero-order valence-corrected chi connectivity index (χ0v) is 12.3. The van der Waals surface area contributed by atoms with Crippen molar-refractivity contribution in [2.75, 3.05) is 13.1 Å². The predicted molar refractivity (Wildman–Crippen MR) is 73.7 cm³/mol. The molecule has 2 heterocycles. The second-order valence-electron chi connectivity index (χ2n) is 5.51. The third-order valence-corrected chi connectivity index (χ3v) is 4.14. The van der Waals surface area contributed by atoms with E-state index >= 15 is 0 Å². The van der Waals surface area contributed by atoms with Crippen molar-refractivity contribution in [1.82, 2.24) is 19.7 Å². The van der Waals surface area contributed by atoms with Crippen molar-refractivity contribution in [3.63, 3.8) is 0 Å². The molecule has 1 aliphatic rings. The molecule has 1 aromatic heterocycles. The van der Waals surface area contributed by atoms with E-state index in [-0.39, 0.29) is 0 Å². The first-order valence-electron chi connectivity index (χ1n) is 6.82. The highest BCUT2D eigenvalue weighted by molar-refractivity contribution is 6.20. The van der Waals surface area contributed by atoms with E-state index in [0.29, 0.717) is 17.3 Å². The molecule has 0 N–H and O–H groups in total. The molecule has 0 aromatic carbocycles. The maximum absolute atomic E-state index is 6.17. The van der Waals surface area contributed by atoms with E-state index in [9.17, 15) is 0 Å². The van der Waals surface area contributed by atoms with Crippen LogP contribution in [-0.4, -0.2) is 38.1 Å². The number of piperidine rings is 1. The molecule has 0 radical (unpaired) electrons. The van der Waals surface area contributed by atoms with Gasteiger partial charge in [0, 0.05) is 11.4 Å². The number of nitrogens with zero attached hydrogens (tertiary/aromatic N) is 4. The monoisotopic (exact) mass is 270 g/mol. The summed E-state index contributed by atoms with van der Waals surface area (Å²) in [6, 6.07) is 0.378. The Bertz CT molecular complexity index is 367. The predicted octanol–water partition coefficient (Wildman–Crippen LogP) is 2.70. The molecule has 102 valence electrons. The summed E-state index contributed by atoms with van der Waals surface area (Å²) in [6.45, 7) is 9.53. The van der Waals surface area contributed by atoms with Crippen LogP contribution in [0.1, 0.15) is 45.5 Å². The topological polar surface area (TPSA) is 34.0 Å². The third kappa shape index (κ3) is 3.23. The number of halogens is 1. The Morgan fingerprint density at radius 3 is 2.56 bits per heavy atom. The van der Waals surface area contributed by atoms with E-state index in [2.05, 4.69) is 35.8 Å². The van der Waals surface area contributed by atoms with Crippen LogP contribution in [0.15, 0.2) is 6.33 Å². The van der Waals surface area contributed by atoms with Crippen molar-refractivity contribution >= 4 is 11.6 Å². The molecule has 1 aromatic rings. The zero-order chi connectivity index (χ0) is 13.1. The van der Waals surface area contributed by atoms with Gasteiger partial charge in [0.1, 0.15) is 12.2 Å². The number of aromatic nitrogens is 3. The van der Waals surface area contributed by atoms with E-state index < -0.39 is 0 Å². The van der Waals surface area contributed by atoms with Crippen LogP contribution < -0.4 is 0 Å². The Balaban J connectivity index is 1.90. The van der Waals surface area contributed by atoms with Gasteiger partial charge in [-0.25, -0.2) is 9.67 Å². The van der Waals surface area contributed by atoms with Crippen LogP contribution in [-0.2, 0) is 6.54 Å². The Hall–Kier alpha value is -0.610. The van der Waals surface area contributed by atoms with Crippen LogP contribution in [0.2, 0.25) is 0 Å². The van der Waals surface area contributed by atoms with Gasteiger partial charge in [0.05, 0.1) is 6.54 Å². The summed E-state index contributed by atoms with van der Waals surface area (Å²) < 4.78 is 2.01. The number of hydrogen-bond donors (Lipinski definition) is 0. The zero-order valence-electron chi connectivity index (χ0n) is 11.5. The van der Waals surface area contributed by atoms with Crippen molar-refractivity contribution in [3.8, 4) is 0 Å². The first kappa shape index (κ1) is 13.8. The van der Waals surface area contributed by atoms with Gasteiger partial charge in [-0.05, 0) is 52.6 Å². The first-order valence-corrected chi connectivity index (χ1v) is 7.26. The van der Waals surface area contributed by atoms with Crippen LogP contribution in [0.4, 0.5) is 0 Å². The summed E-state index contributed by atoms with van der Waals surface area (Å²) in [4.78, 5) is 6.83. The van der Waals surface area contributed by atoms with E-state index in [4.69, 9.17) is 11.6 Å². The normalized spacial score (nSPS) is 20.5. The van der Waals surface area contributed by atoms with E-state index in [1.807, 2.05) is 4.68 Å². The van der Waals surface area contributed by atoms with E-state index in [1.54, 1.807) is 6.33 Å². The fourth-order valence-corrected chi connectivity index (χ4v) is 2.84. The van der Waals surface area contributed by atoms with Crippen molar-refractivity contribution in [3.05, 3.63) is 12.2 Å². The van der Waals surface area contributed by atoms with Crippen molar-refractivity contribution in [2.24, 2.45) is 5.92 Å². The molecule has 2 rings (SSSR count). The minimum Gasteiger partial charge on any atom is -0.296 e. The van der Waals surface area contributed by atoms with Gasteiger partial charge in [0.15, 0.2) is 0 Å². The fourth-order valence-electron chi connectivity index (χ4n) is 2.59. The molecular weight excluding hydrogens is 248 g/mol. The summed E-state index contributed by atoms with van der Waals surface area (Å²) >= 11 is 6.17. The molecule has 0 aliphatic carbocycles. The van der Waals surface area contributed by atoms with Crippen molar-refractivity contribution < 1.29 is 0 Å². The molecule has 1 fully saturated rings. The maximum Gasteiger partial charge on any atom is 0.141 e. The molecule has 0 spiro atoms. The Morgan fingerprint density at radius 2 is 2.00 bits per heavy atom. The fraction of sp³-hybridized carbons (Fsp3) is 0.846. The SMILES string of the molecule is CC(Cl)C1CCN(Cc2ncnn2C(C)C)CC1. The third-order valence-electron chi connectivity index (χ3n) is 3.78. The molecule has 1 aliphatic heterocycles. The molecule has 0 amide bonds. The lowest BCUT2D eigenvalue weighted by Gasteiger charge is -2.32. The van der Waals surface area contributed by atoms with Gasteiger partial charge < -0.3 is 0 Å². The molecule has 4 nitrogen and oxygen atoms in total. The summed E-state index contributed by atoms with van der Waals surface area (Å²) in [5.74, 6) is 1.74. The summed E-state index contributed by atoms with van der Waals surface area (Å²) in [6.07, 6.45) is 4.05. The van der Waals surface area contributed by atoms with Gasteiger partial charge in [0.2, 0.25) is 0 Å². The highest BCUT2D eigenvalue weighted by atomic mass is 35.5. The van der Waals surface area contributed by atoms with E-state index in [0.717, 1.165) is 25.5 Å². The second-order valence-corrected chi connectivity index (χ2v) is 6.19. The van der Waals surface area contributed by atoms with Crippen LogP contribution in [0.25, 0.3) is 0 Å². The lowest BCUT2D eigenvalue weighted by Crippen LogP contribution is -2.36. The molecule has 0 saturated carbocycles. The van der Waals surface area contributed by atoms with Gasteiger partial charge in [0.25, 0.3) is 0 Å². The van der Waals surface area contributed by atoms with Crippen molar-refractivity contribution in [1.29, 1.82) is 0 Å². The summed E-state index contributed by atoms with van der Waals surface area (Å²) in [5, 5.41) is 4.58. The number of likely N-dealkylation sites (tertiary alicyclic amines) is 1. The lowest BCUT2D eigenvalue weighted by molar-refractivity contribution is 0.169. The molecule has 18 heavy (non-hydrogen) atoms. The number of hydrogen-bond acceptors (Lipinski definition) is 3. The van der Waals surface area contributed by atoms with Crippen LogP contribution in [0.5, 0.6) is 0 Å². The Labute approximate surface area is 114 Å². The van der Waals surface area contributed by atoms with Gasteiger partial charge in [-0.15, -0.1) is 11.6 Å². The van der Waals surface area contributed by atoms with Crippen molar-refractivity contribution in [2.45, 2.75) is 51.6 Å². The molecule has 0 bridgehead atoms. The molecule has 5 heteroatoms. The minimum absolute atomic E-state index is 0.298.